The summed E-state index contributed by atoms with van der Waals surface area (Å²) in [6.07, 6.45) is -0.653. The van der Waals surface area contributed by atoms with Gasteiger partial charge in [0, 0.05) is 30.9 Å². The first-order valence-electron chi connectivity index (χ1n) is 8.18. The molecule has 0 saturated carbocycles. The molecular weight excluding hydrogens is 315 g/mol. The van der Waals surface area contributed by atoms with Gasteiger partial charge in [0.15, 0.2) is 0 Å². The van der Waals surface area contributed by atoms with Gasteiger partial charge >= 0.3 is 6.18 Å². The molecule has 0 aliphatic heterocycles. The maximum absolute atomic E-state index is 12.8. The average Bonchev–Trinajstić information content (AvgIpc) is 2.53. The van der Waals surface area contributed by atoms with E-state index >= 15 is 0 Å². The van der Waals surface area contributed by atoms with Gasteiger partial charge in [-0.25, -0.2) is 0 Å². The third-order valence-electron chi connectivity index (χ3n) is 4.10. The molecule has 2 rings (SSSR count). The van der Waals surface area contributed by atoms with Gasteiger partial charge in [0.1, 0.15) is 0 Å². The highest BCUT2D eigenvalue weighted by atomic mass is 19.4. The molecule has 0 spiro atoms. The maximum atomic E-state index is 12.8. The van der Waals surface area contributed by atoms with Gasteiger partial charge in [-0.1, -0.05) is 13.0 Å². The SMILES string of the molecule is CCCN(C)CCCN(C)c1ccnc2cc(C(F)(F)F)ccc12. The van der Waals surface area contributed by atoms with Crippen LogP contribution in [0.1, 0.15) is 25.3 Å². The molecule has 1 heterocycles. The number of anilines is 1. The van der Waals surface area contributed by atoms with Gasteiger partial charge in [-0.2, -0.15) is 13.2 Å². The fraction of sp³-hybridized carbons (Fsp3) is 0.500. The van der Waals surface area contributed by atoms with Crippen molar-refractivity contribution < 1.29 is 13.2 Å². The van der Waals surface area contributed by atoms with Gasteiger partial charge in [0.05, 0.1) is 11.1 Å². The Balaban J connectivity index is 2.14. The second kappa shape index (κ2) is 7.83. The van der Waals surface area contributed by atoms with Crippen LogP contribution in [0.5, 0.6) is 0 Å². The Kier molecular flexibility index (Phi) is 6.04. The van der Waals surface area contributed by atoms with Crippen LogP contribution in [0.15, 0.2) is 30.5 Å². The van der Waals surface area contributed by atoms with Crippen LogP contribution >= 0.6 is 0 Å². The third-order valence-corrected chi connectivity index (χ3v) is 4.10. The Labute approximate surface area is 141 Å². The van der Waals surface area contributed by atoms with E-state index in [9.17, 15) is 13.2 Å². The van der Waals surface area contributed by atoms with Crippen molar-refractivity contribution in [1.82, 2.24) is 9.88 Å². The summed E-state index contributed by atoms with van der Waals surface area (Å²) in [6, 6.07) is 5.60. The molecule has 1 aromatic carbocycles. The summed E-state index contributed by atoms with van der Waals surface area (Å²) in [6.45, 7) is 5.07. The maximum Gasteiger partial charge on any atom is 0.416 e. The second-order valence-electron chi connectivity index (χ2n) is 6.14. The Morgan fingerprint density at radius 1 is 1.04 bits per heavy atom. The lowest BCUT2D eigenvalue weighted by molar-refractivity contribution is -0.137. The van der Waals surface area contributed by atoms with E-state index in [-0.39, 0.29) is 0 Å². The van der Waals surface area contributed by atoms with Crippen LogP contribution in [0.2, 0.25) is 0 Å². The monoisotopic (exact) mass is 339 g/mol. The molecule has 6 heteroatoms. The van der Waals surface area contributed by atoms with Crippen LogP contribution in [0.4, 0.5) is 18.9 Å². The number of aromatic nitrogens is 1. The Bertz CT molecular complexity index is 670. The minimum absolute atomic E-state index is 0.372. The predicted octanol–water partition coefficient (Wildman–Crippen LogP) is 4.42. The van der Waals surface area contributed by atoms with E-state index in [1.807, 2.05) is 13.1 Å². The fourth-order valence-corrected chi connectivity index (χ4v) is 2.83. The number of nitrogens with zero attached hydrogens (tertiary/aromatic N) is 3. The Morgan fingerprint density at radius 2 is 1.79 bits per heavy atom. The summed E-state index contributed by atoms with van der Waals surface area (Å²) in [5, 5.41) is 0.745. The average molecular weight is 339 g/mol. The quantitative estimate of drug-likeness (QED) is 0.744. The molecule has 0 unspecified atom stereocenters. The molecule has 0 amide bonds. The first-order valence-corrected chi connectivity index (χ1v) is 8.18. The lowest BCUT2D eigenvalue weighted by Gasteiger charge is -2.23. The van der Waals surface area contributed by atoms with Crippen LogP contribution in [-0.2, 0) is 6.18 Å². The van der Waals surface area contributed by atoms with Crippen LogP contribution < -0.4 is 4.90 Å². The van der Waals surface area contributed by atoms with Gasteiger partial charge in [-0.05, 0) is 51.2 Å². The number of hydrogen-bond donors (Lipinski definition) is 0. The minimum atomic E-state index is -4.35. The molecule has 0 fully saturated rings. The molecule has 1 aromatic heterocycles. The highest BCUT2D eigenvalue weighted by molar-refractivity contribution is 5.91. The zero-order valence-corrected chi connectivity index (χ0v) is 14.4. The minimum Gasteiger partial charge on any atom is -0.374 e. The van der Waals surface area contributed by atoms with Crippen molar-refractivity contribution in [2.24, 2.45) is 0 Å². The fourth-order valence-electron chi connectivity index (χ4n) is 2.83. The van der Waals surface area contributed by atoms with Gasteiger partial charge in [0.2, 0.25) is 0 Å². The number of rotatable bonds is 7. The summed E-state index contributed by atoms with van der Waals surface area (Å²) >= 11 is 0. The summed E-state index contributed by atoms with van der Waals surface area (Å²) in [5.74, 6) is 0. The molecule has 0 N–H and O–H groups in total. The standard InChI is InChI=1S/C18H24F3N3/c1-4-10-23(2)11-5-12-24(3)17-8-9-22-16-13-14(18(19,20)21)6-7-15(16)17/h6-9,13H,4-5,10-12H2,1-3H3. The second-order valence-corrected chi connectivity index (χ2v) is 6.14. The zero-order chi connectivity index (χ0) is 17.7. The van der Waals surface area contributed by atoms with E-state index in [1.165, 1.54) is 6.07 Å². The first-order chi connectivity index (χ1) is 11.3. The lowest BCUT2D eigenvalue weighted by atomic mass is 10.1. The van der Waals surface area contributed by atoms with E-state index in [2.05, 4.69) is 28.8 Å². The molecule has 2 aromatic rings. The van der Waals surface area contributed by atoms with Crippen LogP contribution in [0, 0.1) is 0 Å². The van der Waals surface area contributed by atoms with Gasteiger partial charge in [-0.3, -0.25) is 4.98 Å². The van der Waals surface area contributed by atoms with Crippen molar-refractivity contribution in [2.75, 3.05) is 38.6 Å². The van der Waals surface area contributed by atoms with Gasteiger partial charge < -0.3 is 9.80 Å². The number of pyridine rings is 1. The largest absolute Gasteiger partial charge is 0.416 e. The highest BCUT2D eigenvalue weighted by Crippen LogP contribution is 2.33. The predicted molar refractivity (Wildman–Crippen MR) is 92.4 cm³/mol. The molecular formula is C18H24F3N3. The Hall–Kier alpha value is -1.82. The van der Waals surface area contributed by atoms with Crippen LogP contribution in [0.3, 0.4) is 0 Å². The van der Waals surface area contributed by atoms with E-state index in [0.29, 0.717) is 5.52 Å². The van der Waals surface area contributed by atoms with Crippen molar-refractivity contribution in [2.45, 2.75) is 25.9 Å². The molecule has 0 radical (unpaired) electrons. The van der Waals surface area contributed by atoms with Crippen molar-refractivity contribution in [1.29, 1.82) is 0 Å². The smallest absolute Gasteiger partial charge is 0.374 e. The number of halogens is 3. The number of benzene rings is 1. The van der Waals surface area contributed by atoms with Crippen LogP contribution in [0.25, 0.3) is 10.9 Å². The molecule has 0 atom stereocenters. The molecule has 3 nitrogen and oxygen atoms in total. The summed E-state index contributed by atoms with van der Waals surface area (Å²) in [4.78, 5) is 8.46. The number of fused-ring (bicyclic) bond motifs is 1. The van der Waals surface area contributed by atoms with Crippen molar-refractivity contribution in [3.63, 3.8) is 0 Å². The zero-order valence-electron chi connectivity index (χ0n) is 14.4. The third kappa shape index (κ3) is 4.60. The highest BCUT2D eigenvalue weighted by Gasteiger charge is 2.30. The van der Waals surface area contributed by atoms with Crippen molar-refractivity contribution >= 4 is 16.6 Å². The van der Waals surface area contributed by atoms with Crippen molar-refractivity contribution in [3.05, 3.63) is 36.0 Å². The summed E-state index contributed by atoms with van der Waals surface area (Å²) in [7, 11) is 4.07. The first kappa shape index (κ1) is 18.5. The number of hydrogen-bond acceptors (Lipinski definition) is 3. The summed E-state index contributed by atoms with van der Waals surface area (Å²) in [5.41, 5.74) is 0.618. The van der Waals surface area contributed by atoms with Crippen molar-refractivity contribution in [3.8, 4) is 0 Å². The lowest BCUT2D eigenvalue weighted by Crippen LogP contribution is -2.26. The van der Waals surface area contributed by atoms with E-state index in [0.717, 1.165) is 55.7 Å². The topological polar surface area (TPSA) is 19.4 Å². The van der Waals surface area contributed by atoms with E-state index < -0.39 is 11.7 Å². The van der Waals surface area contributed by atoms with E-state index in [1.54, 1.807) is 6.20 Å². The number of alkyl halides is 3. The van der Waals surface area contributed by atoms with Gasteiger partial charge in [-0.15, -0.1) is 0 Å². The Morgan fingerprint density at radius 3 is 2.46 bits per heavy atom. The molecule has 0 aliphatic rings. The van der Waals surface area contributed by atoms with E-state index in [4.69, 9.17) is 0 Å². The molecule has 132 valence electrons. The molecule has 0 saturated heterocycles. The summed E-state index contributed by atoms with van der Waals surface area (Å²) < 4.78 is 38.5. The molecule has 0 aliphatic carbocycles. The molecule has 0 bridgehead atoms. The normalized spacial score (nSPS) is 12.1. The molecule has 24 heavy (non-hydrogen) atoms. The van der Waals surface area contributed by atoms with Crippen LogP contribution in [-0.4, -0.2) is 43.6 Å². The van der Waals surface area contributed by atoms with Gasteiger partial charge in [0.25, 0.3) is 0 Å².